The summed E-state index contributed by atoms with van der Waals surface area (Å²) in [5.74, 6) is -0.651. The van der Waals surface area contributed by atoms with Crippen LogP contribution in [0.1, 0.15) is 49.3 Å². The van der Waals surface area contributed by atoms with Crippen molar-refractivity contribution < 1.29 is 9.90 Å². The minimum atomic E-state index is -0.651. The summed E-state index contributed by atoms with van der Waals surface area (Å²) >= 11 is 0. The van der Waals surface area contributed by atoms with E-state index in [9.17, 15) is 9.90 Å². The fraction of sp³-hybridized carbons (Fsp3) is 0.588. The van der Waals surface area contributed by atoms with Crippen LogP contribution in [0.3, 0.4) is 0 Å². The van der Waals surface area contributed by atoms with Gasteiger partial charge in [-0.25, -0.2) is 0 Å². The smallest absolute Gasteiger partial charge is 0.324 e. The van der Waals surface area contributed by atoms with Crippen LogP contribution >= 0.6 is 0 Å². The van der Waals surface area contributed by atoms with Gasteiger partial charge in [-0.2, -0.15) is 0 Å². The number of carboxylic acid groups (broad SMARTS) is 1. The summed E-state index contributed by atoms with van der Waals surface area (Å²) in [5.41, 5.74) is 3.11. The van der Waals surface area contributed by atoms with Gasteiger partial charge in [-0.1, -0.05) is 37.1 Å². The number of aliphatic carboxylic acids is 1. The number of carbonyl (C=O) groups is 1. The Morgan fingerprint density at radius 1 is 1.40 bits per heavy atom. The van der Waals surface area contributed by atoms with Crippen LogP contribution in [0.5, 0.6) is 0 Å². The normalized spacial score (nSPS) is 23.1. The highest BCUT2D eigenvalue weighted by atomic mass is 16.4. The van der Waals surface area contributed by atoms with Gasteiger partial charge in [-0.05, 0) is 50.8 Å². The lowest BCUT2D eigenvalue weighted by Crippen LogP contribution is -2.50. The van der Waals surface area contributed by atoms with Gasteiger partial charge >= 0.3 is 5.97 Å². The van der Waals surface area contributed by atoms with E-state index >= 15 is 0 Å². The average Bonchev–Trinajstić information content (AvgIpc) is 2.77. The first-order chi connectivity index (χ1) is 9.49. The zero-order chi connectivity index (χ0) is 14.8. The van der Waals surface area contributed by atoms with Crippen molar-refractivity contribution >= 4 is 5.97 Å². The summed E-state index contributed by atoms with van der Waals surface area (Å²) in [6, 6.07) is 6.43. The number of rotatable bonds is 5. The van der Waals surface area contributed by atoms with Crippen LogP contribution in [0.2, 0.25) is 0 Å². The number of carboxylic acids is 1. The zero-order valence-electron chi connectivity index (χ0n) is 12.8. The first-order valence-electron chi connectivity index (χ1n) is 7.54. The van der Waals surface area contributed by atoms with Gasteiger partial charge in [0, 0.05) is 6.54 Å². The maximum absolute atomic E-state index is 11.8. The highest BCUT2D eigenvalue weighted by Crippen LogP contribution is 2.35. The molecule has 0 aliphatic carbocycles. The Morgan fingerprint density at radius 3 is 2.75 bits per heavy atom. The predicted octanol–water partition coefficient (Wildman–Crippen LogP) is 3.52. The lowest BCUT2D eigenvalue weighted by atomic mass is 9.90. The molecule has 1 atom stereocenters. The van der Waals surface area contributed by atoms with Crippen LogP contribution in [0.4, 0.5) is 0 Å². The summed E-state index contributed by atoms with van der Waals surface area (Å²) in [5, 5.41) is 9.72. The summed E-state index contributed by atoms with van der Waals surface area (Å²) in [6.45, 7) is 7.91. The van der Waals surface area contributed by atoms with Crippen molar-refractivity contribution in [2.75, 3.05) is 6.54 Å². The third-order valence-corrected chi connectivity index (χ3v) is 4.54. The second-order valence-electron chi connectivity index (χ2n) is 6.04. The van der Waals surface area contributed by atoms with Gasteiger partial charge in [0.05, 0.1) is 0 Å². The van der Waals surface area contributed by atoms with E-state index in [0.29, 0.717) is 0 Å². The molecule has 3 heteroatoms. The highest BCUT2D eigenvalue weighted by molar-refractivity contribution is 5.79. The SMILES string of the molecule is CCCC1(C(=O)O)CCCN1Cc1ccc(C)cc1C. The van der Waals surface area contributed by atoms with Crippen molar-refractivity contribution in [1.29, 1.82) is 0 Å². The molecule has 0 bridgehead atoms. The Hall–Kier alpha value is -1.35. The van der Waals surface area contributed by atoms with E-state index in [1.807, 2.05) is 0 Å². The quantitative estimate of drug-likeness (QED) is 0.893. The number of likely N-dealkylation sites (tertiary alicyclic amines) is 1. The van der Waals surface area contributed by atoms with Gasteiger partial charge in [0.1, 0.15) is 5.54 Å². The fourth-order valence-electron chi connectivity index (χ4n) is 3.44. The van der Waals surface area contributed by atoms with E-state index < -0.39 is 11.5 Å². The lowest BCUT2D eigenvalue weighted by molar-refractivity contribution is -0.150. The molecule has 0 saturated carbocycles. The van der Waals surface area contributed by atoms with Crippen molar-refractivity contribution in [1.82, 2.24) is 4.90 Å². The first kappa shape index (κ1) is 15.0. The van der Waals surface area contributed by atoms with Gasteiger partial charge in [-0.3, -0.25) is 9.69 Å². The van der Waals surface area contributed by atoms with E-state index in [1.165, 1.54) is 16.7 Å². The molecule has 1 aromatic carbocycles. The minimum Gasteiger partial charge on any atom is -0.480 e. The Balaban J connectivity index is 2.24. The summed E-state index contributed by atoms with van der Waals surface area (Å²) in [7, 11) is 0. The van der Waals surface area contributed by atoms with Crippen molar-refractivity contribution in [2.24, 2.45) is 0 Å². The summed E-state index contributed by atoms with van der Waals surface area (Å²) in [6.07, 6.45) is 3.42. The molecule has 1 aromatic rings. The number of aryl methyl sites for hydroxylation is 2. The molecule has 110 valence electrons. The Labute approximate surface area is 121 Å². The predicted molar refractivity (Wildman–Crippen MR) is 80.8 cm³/mol. The molecule has 0 amide bonds. The molecule has 0 spiro atoms. The monoisotopic (exact) mass is 275 g/mol. The van der Waals surface area contributed by atoms with Crippen LogP contribution in [0.15, 0.2) is 18.2 Å². The molecule has 1 heterocycles. The molecule has 3 nitrogen and oxygen atoms in total. The van der Waals surface area contributed by atoms with Crippen LogP contribution in [0.25, 0.3) is 0 Å². The Bertz CT molecular complexity index is 498. The van der Waals surface area contributed by atoms with E-state index in [1.54, 1.807) is 0 Å². The summed E-state index contributed by atoms with van der Waals surface area (Å²) < 4.78 is 0. The maximum atomic E-state index is 11.8. The third-order valence-electron chi connectivity index (χ3n) is 4.54. The number of nitrogens with zero attached hydrogens (tertiary/aromatic N) is 1. The molecule has 1 aliphatic heterocycles. The zero-order valence-corrected chi connectivity index (χ0v) is 12.8. The van der Waals surface area contributed by atoms with Crippen molar-refractivity contribution in [3.63, 3.8) is 0 Å². The van der Waals surface area contributed by atoms with Gasteiger partial charge in [0.2, 0.25) is 0 Å². The maximum Gasteiger partial charge on any atom is 0.324 e. The molecule has 1 fully saturated rings. The number of hydrogen-bond acceptors (Lipinski definition) is 2. The molecule has 1 N–H and O–H groups in total. The Kier molecular flexibility index (Phi) is 4.48. The van der Waals surface area contributed by atoms with Crippen molar-refractivity contribution in [3.8, 4) is 0 Å². The molecule has 1 aliphatic rings. The lowest BCUT2D eigenvalue weighted by Gasteiger charge is -2.35. The average molecular weight is 275 g/mol. The third kappa shape index (κ3) is 2.73. The standard InChI is InChI=1S/C17H25NO2/c1-4-8-17(16(19)20)9-5-10-18(17)12-15-7-6-13(2)11-14(15)3/h6-7,11H,4-5,8-10,12H2,1-3H3,(H,19,20). The molecule has 1 unspecified atom stereocenters. The van der Waals surface area contributed by atoms with E-state index in [4.69, 9.17) is 0 Å². The molecule has 20 heavy (non-hydrogen) atoms. The van der Waals surface area contributed by atoms with Crippen molar-refractivity contribution in [2.45, 2.75) is 58.5 Å². The minimum absolute atomic E-state index is 0.647. The number of hydrogen-bond donors (Lipinski definition) is 1. The van der Waals surface area contributed by atoms with E-state index in [-0.39, 0.29) is 0 Å². The molecule has 0 aromatic heterocycles. The largest absolute Gasteiger partial charge is 0.480 e. The van der Waals surface area contributed by atoms with Crippen LogP contribution in [-0.4, -0.2) is 28.1 Å². The fourth-order valence-corrected chi connectivity index (χ4v) is 3.44. The molecule has 0 radical (unpaired) electrons. The topological polar surface area (TPSA) is 40.5 Å². The second kappa shape index (κ2) is 5.96. The Morgan fingerprint density at radius 2 is 2.15 bits per heavy atom. The van der Waals surface area contributed by atoms with Crippen LogP contribution in [-0.2, 0) is 11.3 Å². The summed E-state index contributed by atoms with van der Waals surface area (Å²) in [4.78, 5) is 14.0. The highest BCUT2D eigenvalue weighted by Gasteiger charge is 2.46. The van der Waals surface area contributed by atoms with E-state index in [0.717, 1.165) is 38.8 Å². The van der Waals surface area contributed by atoms with Gasteiger partial charge < -0.3 is 5.11 Å². The van der Waals surface area contributed by atoms with Crippen LogP contribution in [0, 0.1) is 13.8 Å². The van der Waals surface area contributed by atoms with Gasteiger partial charge in [0.15, 0.2) is 0 Å². The first-order valence-corrected chi connectivity index (χ1v) is 7.54. The number of benzene rings is 1. The molecule has 2 rings (SSSR count). The van der Waals surface area contributed by atoms with Gasteiger partial charge in [-0.15, -0.1) is 0 Å². The molecular formula is C17H25NO2. The second-order valence-corrected chi connectivity index (χ2v) is 6.04. The van der Waals surface area contributed by atoms with E-state index in [2.05, 4.69) is 43.9 Å². The van der Waals surface area contributed by atoms with Gasteiger partial charge in [0.25, 0.3) is 0 Å². The van der Waals surface area contributed by atoms with Crippen LogP contribution < -0.4 is 0 Å². The molecule has 1 saturated heterocycles. The molecular weight excluding hydrogens is 250 g/mol. The van der Waals surface area contributed by atoms with Crippen molar-refractivity contribution in [3.05, 3.63) is 34.9 Å².